The number of anilines is 1. The molecule has 0 radical (unpaired) electrons. The zero-order chi connectivity index (χ0) is 14.4. The lowest BCUT2D eigenvalue weighted by Crippen LogP contribution is -2.04. The van der Waals surface area contributed by atoms with Gasteiger partial charge in [0.15, 0.2) is 0 Å². The van der Waals surface area contributed by atoms with Crippen LogP contribution in [0, 0.1) is 3.57 Å². The number of nitrogens with one attached hydrogen (secondary N) is 2. The molecule has 2 aliphatic rings. The molecule has 4 heteroatoms. The van der Waals surface area contributed by atoms with Crippen molar-refractivity contribution in [1.29, 1.82) is 0 Å². The Kier molecular flexibility index (Phi) is 3.14. The first-order chi connectivity index (χ1) is 10.2. The molecule has 2 heterocycles. The highest BCUT2D eigenvalue weighted by molar-refractivity contribution is 14.1. The van der Waals surface area contributed by atoms with Gasteiger partial charge in [0, 0.05) is 32.3 Å². The molecule has 106 valence electrons. The van der Waals surface area contributed by atoms with Crippen molar-refractivity contribution in [2.45, 2.75) is 25.7 Å². The van der Waals surface area contributed by atoms with Gasteiger partial charge in [-0.3, -0.25) is 4.79 Å². The van der Waals surface area contributed by atoms with E-state index in [0.29, 0.717) is 0 Å². The first-order valence-corrected chi connectivity index (χ1v) is 8.32. The van der Waals surface area contributed by atoms with Crippen LogP contribution < -0.4 is 5.32 Å². The Morgan fingerprint density at radius 3 is 2.95 bits per heavy atom. The first kappa shape index (κ1) is 13.1. The topological polar surface area (TPSA) is 44.9 Å². The number of hydrogen-bond donors (Lipinski definition) is 2. The van der Waals surface area contributed by atoms with E-state index in [1.165, 1.54) is 29.7 Å². The fraction of sp³-hybridized carbons (Fsp3) is 0.235. The van der Waals surface area contributed by atoms with Gasteiger partial charge in [-0.05, 0) is 83.7 Å². The lowest BCUT2D eigenvalue weighted by Gasteiger charge is -2.11. The van der Waals surface area contributed by atoms with Crippen LogP contribution in [-0.4, -0.2) is 10.9 Å². The molecule has 1 aromatic carbocycles. The Balaban J connectivity index is 1.82. The summed E-state index contributed by atoms with van der Waals surface area (Å²) in [7, 11) is 0. The van der Waals surface area contributed by atoms with Gasteiger partial charge in [0.05, 0.1) is 0 Å². The Morgan fingerprint density at radius 2 is 2.05 bits per heavy atom. The molecule has 2 aromatic rings. The standard InChI is InChI=1S/C17H15IN2O/c18-11-5-6-16-13(8-11)14(17(21)20-16)7-10-9-19-15-4-2-1-3-12(10)15/h5-9,19H,1-4H2,(H,20,21). The normalized spacial score (nSPS) is 18.5. The predicted molar refractivity (Wildman–Crippen MR) is 93.1 cm³/mol. The second kappa shape index (κ2) is 5.02. The fourth-order valence-corrected chi connectivity index (χ4v) is 3.71. The molecule has 0 unspecified atom stereocenters. The molecular weight excluding hydrogens is 375 g/mol. The molecule has 4 rings (SSSR count). The third kappa shape index (κ3) is 2.21. The third-order valence-electron chi connectivity index (χ3n) is 4.28. The summed E-state index contributed by atoms with van der Waals surface area (Å²) in [5, 5.41) is 2.95. The van der Waals surface area contributed by atoms with Gasteiger partial charge in [0.2, 0.25) is 0 Å². The molecule has 21 heavy (non-hydrogen) atoms. The van der Waals surface area contributed by atoms with Gasteiger partial charge in [-0.1, -0.05) is 0 Å². The highest BCUT2D eigenvalue weighted by Gasteiger charge is 2.25. The number of aryl methyl sites for hydroxylation is 1. The lowest BCUT2D eigenvalue weighted by molar-refractivity contribution is -0.110. The van der Waals surface area contributed by atoms with Crippen molar-refractivity contribution in [2.24, 2.45) is 0 Å². The van der Waals surface area contributed by atoms with Crippen LogP contribution in [0.15, 0.2) is 24.4 Å². The molecule has 3 nitrogen and oxygen atoms in total. The number of H-pyrrole nitrogens is 1. The number of amides is 1. The molecule has 0 fully saturated rings. The van der Waals surface area contributed by atoms with Crippen LogP contribution in [0.25, 0.3) is 11.6 Å². The third-order valence-corrected chi connectivity index (χ3v) is 4.95. The zero-order valence-electron chi connectivity index (χ0n) is 11.5. The molecule has 0 saturated heterocycles. The Morgan fingerprint density at radius 1 is 1.19 bits per heavy atom. The van der Waals surface area contributed by atoms with Gasteiger partial charge in [-0.2, -0.15) is 0 Å². The van der Waals surface area contributed by atoms with Crippen LogP contribution in [-0.2, 0) is 17.6 Å². The number of rotatable bonds is 1. The van der Waals surface area contributed by atoms with Crippen molar-refractivity contribution in [3.8, 4) is 0 Å². The van der Waals surface area contributed by atoms with Gasteiger partial charge >= 0.3 is 0 Å². The highest BCUT2D eigenvalue weighted by Crippen LogP contribution is 2.35. The molecule has 0 atom stereocenters. The van der Waals surface area contributed by atoms with Crippen LogP contribution in [0.3, 0.4) is 0 Å². The van der Waals surface area contributed by atoms with E-state index in [1.807, 2.05) is 24.4 Å². The summed E-state index contributed by atoms with van der Waals surface area (Å²) >= 11 is 2.28. The number of halogens is 1. The summed E-state index contributed by atoms with van der Waals surface area (Å²) in [5.41, 5.74) is 6.60. The molecule has 0 spiro atoms. The van der Waals surface area contributed by atoms with E-state index in [2.05, 4.69) is 39.0 Å². The Bertz CT molecular complexity index is 773. The highest BCUT2D eigenvalue weighted by atomic mass is 127. The van der Waals surface area contributed by atoms with E-state index < -0.39 is 0 Å². The van der Waals surface area contributed by atoms with Gasteiger partial charge < -0.3 is 10.3 Å². The summed E-state index contributed by atoms with van der Waals surface area (Å²) in [6.07, 6.45) is 8.81. The summed E-state index contributed by atoms with van der Waals surface area (Å²) < 4.78 is 1.14. The van der Waals surface area contributed by atoms with Crippen molar-refractivity contribution in [3.63, 3.8) is 0 Å². The van der Waals surface area contributed by atoms with Crippen LogP contribution in [0.1, 0.15) is 35.2 Å². The number of fused-ring (bicyclic) bond motifs is 2. The average molecular weight is 390 g/mol. The largest absolute Gasteiger partial charge is 0.364 e. The number of carbonyl (C=O) groups excluding carboxylic acids is 1. The maximum atomic E-state index is 12.2. The molecule has 1 aliphatic heterocycles. The Hall–Kier alpha value is -1.56. The minimum absolute atomic E-state index is 0.00207. The van der Waals surface area contributed by atoms with Crippen LogP contribution in [0.2, 0.25) is 0 Å². The fourth-order valence-electron chi connectivity index (χ4n) is 3.22. The number of aromatic amines is 1. The average Bonchev–Trinajstić information content (AvgIpc) is 3.02. The SMILES string of the molecule is O=C1Nc2ccc(I)cc2C1=Cc1c[nH]c2c1CCCC2. The van der Waals surface area contributed by atoms with Crippen molar-refractivity contribution in [1.82, 2.24) is 4.98 Å². The van der Waals surface area contributed by atoms with E-state index in [-0.39, 0.29) is 5.91 Å². The molecule has 1 aromatic heterocycles. The van der Waals surface area contributed by atoms with Gasteiger partial charge in [-0.15, -0.1) is 0 Å². The second-order valence-corrected chi connectivity index (χ2v) is 6.86. The maximum absolute atomic E-state index is 12.2. The van der Waals surface area contributed by atoms with Crippen molar-refractivity contribution < 1.29 is 4.79 Å². The van der Waals surface area contributed by atoms with Crippen molar-refractivity contribution in [3.05, 3.63) is 50.4 Å². The lowest BCUT2D eigenvalue weighted by atomic mass is 9.94. The van der Waals surface area contributed by atoms with E-state index in [0.717, 1.165) is 33.2 Å². The molecular formula is C17H15IN2O. The minimum Gasteiger partial charge on any atom is -0.364 e. The van der Waals surface area contributed by atoms with E-state index in [4.69, 9.17) is 0 Å². The van der Waals surface area contributed by atoms with E-state index in [9.17, 15) is 4.79 Å². The summed E-state index contributed by atoms with van der Waals surface area (Å²) in [6, 6.07) is 6.06. The van der Waals surface area contributed by atoms with Crippen molar-refractivity contribution >= 4 is 45.8 Å². The summed E-state index contributed by atoms with van der Waals surface area (Å²) in [4.78, 5) is 15.6. The van der Waals surface area contributed by atoms with Crippen molar-refractivity contribution in [2.75, 3.05) is 5.32 Å². The maximum Gasteiger partial charge on any atom is 0.256 e. The number of carbonyl (C=O) groups is 1. The molecule has 0 saturated carbocycles. The number of hydrogen-bond acceptors (Lipinski definition) is 1. The number of aromatic nitrogens is 1. The van der Waals surface area contributed by atoms with Crippen LogP contribution in [0.5, 0.6) is 0 Å². The van der Waals surface area contributed by atoms with Crippen LogP contribution in [0.4, 0.5) is 5.69 Å². The predicted octanol–water partition coefficient (Wildman–Crippen LogP) is 3.99. The molecule has 1 amide bonds. The molecule has 2 N–H and O–H groups in total. The Labute approximate surface area is 137 Å². The van der Waals surface area contributed by atoms with Gasteiger partial charge in [0.25, 0.3) is 5.91 Å². The van der Waals surface area contributed by atoms with Gasteiger partial charge in [-0.25, -0.2) is 0 Å². The smallest absolute Gasteiger partial charge is 0.256 e. The zero-order valence-corrected chi connectivity index (χ0v) is 13.7. The minimum atomic E-state index is -0.00207. The monoisotopic (exact) mass is 390 g/mol. The quantitative estimate of drug-likeness (QED) is 0.562. The van der Waals surface area contributed by atoms with Gasteiger partial charge in [0.1, 0.15) is 0 Å². The summed E-state index contributed by atoms with van der Waals surface area (Å²) in [6.45, 7) is 0. The van der Waals surface area contributed by atoms with E-state index >= 15 is 0 Å². The molecule has 1 aliphatic carbocycles. The summed E-state index contributed by atoms with van der Waals surface area (Å²) in [5.74, 6) is -0.00207. The van der Waals surface area contributed by atoms with E-state index in [1.54, 1.807) is 0 Å². The molecule has 0 bridgehead atoms. The second-order valence-electron chi connectivity index (χ2n) is 5.61. The number of benzene rings is 1. The first-order valence-electron chi connectivity index (χ1n) is 7.24. The van der Waals surface area contributed by atoms with Crippen LogP contribution >= 0.6 is 22.6 Å².